The van der Waals surface area contributed by atoms with Gasteiger partial charge in [0.15, 0.2) is 0 Å². The van der Waals surface area contributed by atoms with E-state index in [-0.39, 0.29) is 11.9 Å². The number of piperidine rings is 1. The van der Waals surface area contributed by atoms with Crippen LogP contribution in [-0.4, -0.2) is 18.0 Å². The van der Waals surface area contributed by atoms with Gasteiger partial charge in [-0.05, 0) is 43.2 Å². The monoisotopic (exact) mass is 274 g/mol. The second-order valence-electron chi connectivity index (χ2n) is 6.17. The number of hydrogen-bond acceptors (Lipinski definition) is 2. The Morgan fingerprint density at radius 2 is 2.00 bits per heavy atom. The Balaban J connectivity index is 1.83. The van der Waals surface area contributed by atoms with E-state index in [1.54, 1.807) is 0 Å². The van der Waals surface area contributed by atoms with Crippen molar-refractivity contribution in [1.82, 2.24) is 10.6 Å². The minimum absolute atomic E-state index is 0.0197. The van der Waals surface area contributed by atoms with E-state index in [9.17, 15) is 4.79 Å². The summed E-state index contributed by atoms with van der Waals surface area (Å²) in [6, 6.07) is 8.93. The van der Waals surface area contributed by atoms with Gasteiger partial charge in [-0.3, -0.25) is 4.79 Å². The first-order valence-electron chi connectivity index (χ1n) is 7.69. The molecule has 20 heavy (non-hydrogen) atoms. The molecule has 3 nitrogen and oxygen atoms in total. The van der Waals surface area contributed by atoms with Crippen molar-refractivity contribution >= 4 is 5.91 Å². The first-order chi connectivity index (χ1) is 9.56. The molecule has 2 unspecified atom stereocenters. The maximum absolute atomic E-state index is 12.1. The zero-order chi connectivity index (χ0) is 14.5. The van der Waals surface area contributed by atoms with Crippen molar-refractivity contribution < 1.29 is 4.79 Å². The first kappa shape index (κ1) is 15.0. The molecule has 2 N–H and O–H groups in total. The smallest absolute Gasteiger partial charge is 0.237 e. The summed E-state index contributed by atoms with van der Waals surface area (Å²) < 4.78 is 0. The fourth-order valence-corrected chi connectivity index (χ4v) is 2.68. The molecule has 0 bridgehead atoms. The van der Waals surface area contributed by atoms with Crippen molar-refractivity contribution in [2.45, 2.75) is 64.6 Å². The third kappa shape index (κ3) is 4.07. The molecule has 2 atom stereocenters. The van der Waals surface area contributed by atoms with Gasteiger partial charge in [0.05, 0.1) is 6.04 Å². The molecular weight excluding hydrogens is 248 g/mol. The Morgan fingerprint density at radius 1 is 1.30 bits per heavy atom. The zero-order valence-corrected chi connectivity index (χ0v) is 12.8. The van der Waals surface area contributed by atoms with E-state index < -0.39 is 0 Å². The van der Waals surface area contributed by atoms with Crippen LogP contribution in [0.3, 0.4) is 0 Å². The number of nitrogens with one attached hydrogen (secondary N) is 2. The Bertz CT molecular complexity index is 439. The Labute approximate surface area is 122 Å². The number of hydrogen-bond donors (Lipinski definition) is 2. The van der Waals surface area contributed by atoms with Crippen molar-refractivity contribution in [3.05, 3.63) is 35.4 Å². The van der Waals surface area contributed by atoms with Crippen LogP contribution >= 0.6 is 0 Å². The molecule has 1 saturated heterocycles. The van der Waals surface area contributed by atoms with Crippen molar-refractivity contribution in [2.75, 3.05) is 0 Å². The molecule has 3 heteroatoms. The average molecular weight is 274 g/mol. The molecule has 1 aromatic carbocycles. The van der Waals surface area contributed by atoms with Crippen LogP contribution in [0, 0.1) is 0 Å². The van der Waals surface area contributed by atoms with Crippen LogP contribution < -0.4 is 10.6 Å². The minimum Gasteiger partial charge on any atom is -0.351 e. The number of amides is 1. The van der Waals surface area contributed by atoms with Crippen molar-refractivity contribution in [1.29, 1.82) is 0 Å². The maximum atomic E-state index is 12.1. The molecule has 2 rings (SSSR count). The van der Waals surface area contributed by atoms with E-state index >= 15 is 0 Å². The molecular formula is C17H26N2O. The van der Waals surface area contributed by atoms with Crippen LogP contribution in [0.1, 0.15) is 57.1 Å². The number of rotatable bonds is 4. The predicted octanol–water partition coefficient (Wildman–Crippen LogP) is 2.96. The first-order valence-corrected chi connectivity index (χ1v) is 7.69. The van der Waals surface area contributed by atoms with Gasteiger partial charge in [0, 0.05) is 12.6 Å². The van der Waals surface area contributed by atoms with E-state index in [0.29, 0.717) is 18.5 Å². The summed E-state index contributed by atoms with van der Waals surface area (Å²) in [4.78, 5) is 12.1. The highest BCUT2D eigenvalue weighted by Crippen LogP contribution is 2.15. The van der Waals surface area contributed by atoms with Crippen LogP contribution in [0.5, 0.6) is 0 Å². The Hall–Kier alpha value is -1.35. The summed E-state index contributed by atoms with van der Waals surface area (Å²) in [6.45, 7) is 7.13. The van der Waals surface area contributed by atoms with Gasteiger partial charge in [-0.15, -0.1) is 0 Å². The van der Waals surface area contributed by atoms with E-state index in [1.165, 1.54) is 12.0 Å². The van der Waals surface area contributed by atoms with Gasteiger partial charge in [-0.25, -0.2) is 0 Å². The van der Waals surface area contributed by atoms with Crippen LogP contribution in [-0.2, 0) is 11.3 Å². The molecule has 1 aromatic rings. The third-order valence-corrected chi connectivity index (χ3v) is 4.05. The molecule has 0 radical (unpaired) electrons. The molecule has 1 aliphatic rings. The van der Waals surface area contributed by atoms with Crippen LogP contribution in [0.15, 0.2) is 24.3 Å². The summed E-state index contributed by atoms with van der Waals surface area (Å²) in [6.07, 6.45) is 3.25. The van der Waals surface area contributed by atoms with Crippen LogP contribution in [0.25, 0.3) is 0 Å². The number of carbonyl (C=O) groups excluding carboxylic acids is 1. The second-order valence-corrected chi connectivity index (χ2v) is 6.17. The van der Waals surface area contributed by atoms with Crippen molar-refractivity contribution in [3.8, 4) is 0 Å². The summed E-state index contributed by atoms with van der Waals surface area (Å²) in [5, 5.41) is 6.40. The van der Waals surface area contributed by atoms with Gasteiger partial charge < -0.3 is 10.6 Å². The van der Waals surface area contributed by atoms with E-state index in [4.69, 9.17) is 0 Å². The lowest BCUT2D eigenvalue weighted by molar-refractivity contribution is -0.124. The highest BCUT2D eigenvalue weighted by Gasteiger charge is 2.23. The van der Waals surface area contributed by atoms with E-state index in [1.807, 2.05) is 0 Å². The molecule has 1 heterocycles. The Kier molecular flexibility index (Phi) is 5.18. The van der Waals surface area contributed by atoms with Gasteiger partial charge in [-0.2, -0.15) is 0 Å². The maximum Gasteiger partial charge on any atom is 0.237 e. The topological polar surface area (TPSA) is 41.1 Å². The van der Waals surface area contributed by atoms with Crippen LogP contribution in [0.4, 0.5) is 0 Å². The van der Waals surface area contributed by atoms with E-state index in [2.05, 4.69) is 55.7 Å². The van der Waals surface area contributed by atoms with Crippen LogP contribution in [0.2, 0.25) is 0 Å². The third-order valence-electron chi connectivity index (χ3n) is 4.05. The lowest BCUT2D eigenvalue weighted by Crippen LogP contribution is -2.49. The highest BCUT2D eigenvalue weighted by atomic mass is 16.2. The summed E-state index contributed by atoms with van der Waals surface area (Å²) in [7, 11) is 0. The molecule has 0 saturated carbocycles. The lowest BCUT2D eigenvalue weighted by Gasteiger charge is -2.27. The molecule has 1 fully saturated rings. The van der Waals surface area contributed by atoms with Gasteiger partial charge in [-0.1, -0.05) is 38.1 Å². The highest BCUT2D eigenvalue weighted by molar-refractivity contribution is 5.81. The largest absolute Gasteiger partial charge is 0.351 e. The van der Waals surface area contributed by atoms with E-state index in [0.717, 1.165) is 18.4 Å². The minimum atomic E-state index is -0.0197. The van der Waals surface area contributed by atoms with Gasteiger partial charge >= 0.3 is 0 Å². The number of carbonyl (C=O) groups is 1. The normalized spacial score (nSPS) is 22.8. The van der Waals surface area contributed by atoms with Gasteiger partial charge in [0.1, 0.15) is 0 Å². The fourth-order valence-electron chi connectivity index (χ4n) is 2.68. The van der Waals surface area contributed by atoms with Crippen molar-refractivity contribution in [2.24, 2.45) is 0 Å². The SMILES string of the molecule is CC1CCCC(C(=O)NCc2ccc(C(C)C)cc2)N1. The van der Waals surface area contributed by atoms with Gasteiger partial charge in [0.2, 0.25) is 5.91 Å². The molecule has 0 aliphatic carbocycles. The quantitative estimate of drug-likeness (QED) is 0.886. The second kappa shape index (κ2) is 6.89. The Morgan fingerprint density at radius 3 is 2.60 bits per heavy atom. The molecule has 0 aromatic heterocycles. The summed E-state index contributed by atoms with van der Waals surface area (Å²) >= 11 is 0. The van der Waals surface area contributed by atoms with Crippen molar-refractivity contribution in [3.63, 3.8) is 0 Å². The zero-order valence-electron chi connectivity index (χ0n) is 12.8. The molecule has 1 aliphatic heterocycles. The van der Waals surface area contributed by atoms with Gasteiger partial charge in [0.25, 0.3) is 0 Å². The summed E-state index contributed by atoms with van der Waals surface area (Å²) in [5.74, 6) is 0.677. The standard InChI is InChI=1S/C17H26N2O/c1-12(2)15-9-7-14(8-10-15)11-18-17(20)16-6-4-5-13(3)19-16/h7-10,12-13,16,19H,4-6,11H2,1-3H3,(H,18,20). The average Bonchev–Trinajstić information content (AvgIpc) is 2.45. The number of benzene rings is 1. The molecule has 110 valence electrons. The fraction of sp³-hybridized carbons (Fsp3) is 0.588. The summed E-state index contributed by atoms with van der Waals surface area (Å²) in [5.41, 5.74) is 2.49. The molecule has 0 spiro atoms. The predicted molar refractivity (Wildman–Crippen MR) is 82.6 cm³/mol. The molecule has 1 amide bonds. The lowest BCUT2D eigenvalue weighted by atomic mass is 9.99.